The number of benzene rings is 1. The first-order chi connectivity index (χ1) is 10.2. The van der Waals surface area contributed by atoms with Crippen molar-refractivity contribution in [3.63, 3.8) is 0 Å². The Kier molecular flexibility index (Phi) is 4.80. The molecular formula is C18H27NOS. The van der Waals surface area contributed by atoms with Gasteiger partial charge in [0.25, 0.3) is 0 Å². The van der Waals surface area contributed by atoms with Gasteiger partial charge in [0.2, 0.25) is 0 Å². The summed E-state index contributed by atoms with van der Waals surface area (Å²) in [5.74, 6) is 2.32. The van der Waals surface area contributed by atoms with Gasteiger partial charge in [-0.1, -0.05) is 19.1 Å². The monoisotopic (exact) mass is 305 g/mol. The molecule has 0 amide bonds. The number of hydrogen-bond acceptors (Lipinski definition) is 3. The van der Waals surface area contributed by atoms with E-state index >= 15 is 0 Å². The van der Waals surface area contributed by atoms with Crippen LogP contribution in [0.5, 0.6) is 5.75 Å². The van der Waals surface area contributed by atoms with Gasteiger partial charge >= 0.3 is 0 Å². The topological polar surface area (TPSA) is 21.3 Å². The molecule has 0 radical (unpaired) electrons. The van der Waals surface area contributed by atoms with Crippen LogP contribution in [0.3, 0.4) is 0 Å². The summed E-state index contributed by atoms with van der Waals surface area (Å²) in [6, 6.07) is 9.26. The highest BCUT2D eigenvalue weighted by Crippen LogP contribution is 2.46. The van der Waals surface area contributed by atoms with Crippen molar-refractivity contribution >= 4 is 11.8 Å². The van der Waals surface area contributed by atoms with Gasteiger partial charge in [-0.25, -0.2) is 0 Å². The third-order valence-corrected chi connectivity index (χ3v) is 6.09. The molecule has 2 aliphatic rings. The van der Waals surface area contributed by atoms with Crippen molar-refractivity contribution in [2.45, 2.75) is 62.8 Å². The smallest absolute Gasteiger partial charge is 0.119 e. The molecule has 1 saturated carbocycles. The highest BCUT2D eigenvalue weighted by Gasteiger charge is 2.38. The molecule has 1 aliphatic heterocycles. The van der Waals surface area contributed by atoms with Crippen molar-refractivity contribution in [3.8, 4) is 5.75 Å². The molecule has 2 fully saturated rings. The molecule has 1 aliphatic carbocycles. The van der Waals surface area contributed by atoms with Crippen LogP contribution in [0.1, 0.15) is 57.6 Å². The Morgan fingerprint density at radius 2 is 2.10 bits per heavy atom. The van der Waals surface area contributed by atoms with Crippen LogP contribution in [-0.2, 0) is 0 Å². The molecule has 2 unspecified atom stereocenters. The molecule has 0 aromatic heterocycles. The quantitative estimate of drug-likeness (QED) is 0.798. The maximum absolute atomic E-state index is 5.87. The van der Waals surface area contributed by atoms with E-state index < -0.39 is 0 Å². The number of ether oxygens (including phenoxy) is 1. The lowest BCUT2D eigenvalue weighted by Crippen LogP contribution is -2.38. The molecule has 116 valence electrons. The van der Waals surface area contributed by atoms with Crippen LogP contribution in [0.25, 0.3) is 0 Å². The van der Waals surface area contributed by atoms with E-state index in [9.17, 15) is 0 Å². The average molecular weight is 305 g/mol. The first-order valence-electron chi connectivity index (χ1n) is 8.35. The Hall–Kier alpha value is -0.670. The fourth-order valence-electron chi connectivity index (χ4n) is 3.12. The van der Waals surface area contributed by atoms with Crippen molar-refractivity contribution < 1.29 is 4.74 Å². The maximum Gasteiger partial charge on any atom is 0.119 e. The molecule has 1 aromatic rings. The summed E-state index contributed by atoms with van der Waals surface area (Å²) in [5.41, 5.74) is 1.41. The van der Waals surface area contributed by atoms with Crippen LogP contribution in [0.4, 0.5) is 0 Å². The fraction of sp³-hybridized carbons (Fsp3) is 0.667. The fourth-order valence-corrected chi connectivity index (χ4v) is 4.55. The SMILES string of the molecule is CCCNC(c1ccc(OC2CC2)cc1)C1(C)CCCS1. The first kappa shape index (κ1) is 15.2. The van der Waals surface area contributed by atoms with E-state index in [0.717, 1.165) is 12.3 Å². The second-order valence-electron chi connectivity index (χ2n) is 6.54. The standard InChI is InChI=1S/C18H27NOS/c1-3-12-19-17(18(2)11-4-13-21-18)14-5-7-15(8-6-14)20-16-9-10-16/h5-8,16-17,19H,3-4,9-13H2,1-2H3. The minimum Gasteiger partial charge on any atom is -0.490 e. The molecule has 2 atom stereocenters. The Balaban J connectivity index is 1.74. The maximum atomic E-state index is 5.87. The van der Waals surface area contributed by atoms with Gasteiger partial charge in [-0.05, 0) is 69.0 Å². The lowest BCUT2D eigenvalue weighted by Gasteiger charge is -2.34. The van der Waals surface area contributed by atoms with E-state index in [4.69, 9.17) is 4.74 Å². The minimum atomic E-state index is 0.327. The van der Waals surface area contributed by atoms with Gasteiger partial charge < -0.3 is 10.1 Å². The molecule has 1 heterocycles. The molecule has 0 bridgehead atoms. The molecule has 1 N–H and O–H groups in total. The van der Waals surface area contributed by atoms with Gasteiger partial charge in [0.15, 0.2) is 0 Å². The second-order valence-corrected chi connectivity index (χ2v) is 8.17. The molecule has 21 heavy (non-hydrogen) atoms. The molecular weight excluding hydrogens is 278 g/mol. The zero-order chi connectivity index (χ0) is 14.7. The van der Waals surface area contributed by atoms with E-state index in [-0.39, 0.29) is 0 Å². The number of rotatable bonds is 7. The minimum absolute atomic E-state index is 0.327. The summed E-state index contributed by atoms with van der Waals surface area (Å²) in [7, 11) is 0. The molecule has 0 spiro atoms. The van der Waals surface area contributed by atoms with Gasteiger partial charge in [-0.15, -0.1) is 0 Å². The Labute approximate surface area is 133 Å². The first-order valence-corrected chi connectivity index (χ1v) is 9.34. The van der Waals surface area contributed by atoms with Crippen LogP contribution < -0.4 is 10.1 Å². The highest BCUT2D eigenvalue weighted by atomic mass is 32.2. The van der Waals surface area contributed by atoms with Gasteiger partial charge in [0.05, 0.1) is 6.10 Å². The average Bonchev–Trinajstić information content (AvgIpc) is 3.20. The zero-order valence-electron chi connectivity index (χ0n) is 13.2. The number of nitrogens with one attached hydrogen (secondary N) is 1. The van der Waals surface area contributed by atoms with E-state index in [1.54, 1.807) is 0 Å². The second kappa shape index (κ2) is 6.62. The largest absolute Gasteiger partial charge is 0.490 e. The van der Waals surface area contributed by atoms with Crippen molar-refractivity contribution in [2.75, 3.05) is 12.3 Å². The Morgan fingerprint density at radius 3 is 2.67 bits per heavy atom. The third kappa shape index (κ3) is 3.75. The normalized spacial score (nSPS) is 26.8. The lowest BCUT2D eigenvalue weighted by atomic mass is 9.90. The predicted octanol–water partition coefficient (Wildman–Crippen LogP) is 4.55. The molecule has 3 rings (SSSR count). The van der Waals surface area contributed by atoms with E-state index in [1.807, 2.05) is 0 Å². The van der Waals surface area contributed by atoms with Crippen LogP contribution in [0.15, 0.2) is 24.3 Å². The number of thioether (sulfide) groups is 1. The number of hydrogen-bond donors (Lipinski definition) is 1. The summed E-state index contributed by atoms with van der Waals surface area (Å²) in [4.78, 5) is 0. The van der Waals surface area contributed by atoms with Crippen molar-refractivity contribution in [3.05, 3.63) is 29.8 Å². The van der Waals surface area contributed by atoms with Crippen LogP contribution in [0.2, 0.25) is 0 Å². The van der Waals surface area contributed by atoms with Crippen molar-refractivity contribution in [1.29, 1.82) is 0 Å². The van der Waals surface area contributed by atoms with Crippen LogP contribution in [0, 0.1) is 0 Å². The summed E-state index contributed by atoms with van der Waals surface area (Å²) in [6.45, 7) is 5.74. The zero-order valence-corrected chi connectivity index (χ0v) is 14.0. The van der Waals surface area contributed by atoms with E-state index in [1.165, 1.54) is 43.4 Å². The summed E-state index contributed by atoms with van der Waals surface area (Å²) in [5, 5.41) is 3.78. The lowest BCUT2D eigenvalue weighted by molar-refractivity contribution is 0.303. The van der Waals surface area contributed by atoms with Crippen molar-refractivity contribution in [1.82, 2.24) is 5.32 Å². The van der Waals surface area contributed by atoms with E-state index in [2.05, 4.69) is 55.2 Å². The summed E-state index contributed by atoms with van der Waals surface area (Å²) in [6.07, 6.45) is 6.75. The van der Waals surface area contributed by atoms with Crippen molar-refractivity contribution in [2.24, 2.45) is 0 Å². The van der Waals surface area contributed by atoms with Gasteiger partial charge in [0, 0.05) is 10.8 Å². The Morgan fingerprint density at radius 1 is 1.33 bits per heavy atom. The molecule has 1 saturated heterocycles. The van der Waals surface area contributed by atoms with Gasteiger partial charge in [-0.2, -0.15) is 11.8 Å². The predicted molar refractivity (Wildman–Crippen MR) is 91.2 cm³/mol. The molecule has 1 aromatic carbocycles. The molecule has 3 heteroatoms. The third-order valence-electron chi connectivity index (χ3n) is 4.50. The van der Waals surface area contributed by atoms with Crippen LogP contribution in [-0.4, -0.2) is 23.1 Å². The van der Waals surface area contributed by atoms with Gasteiger partial charge in [0.1, 0.15) is 5.75 Å². The van der Waals surface area contributed by atoms with E-state index in [0.29, 0.717) is 16.9 Å². The molecule has 2 nitrogen and oxygen atoms in total. The highest BCUT2D eigenvalue weighted by molar-refractivity contribution is 8.00. The summed E-state index contributed by atoms with van der Waals surface area (Å²) < 4.78 is 6.19. The Bertz CT molecular complexity index is 449. The summed E-state index contributed by atoms with van der Waals surface area (Å²) >= 11 is 2.13. The van der Waals surface area contributed by atoms with Gasteiger partial charge in [-0.3, -0.25) is 0 Å². The van der Waals surface area contributed by atoms with Crippen LogP contribution >= 0.6 is 11.8 Å².